The molecule has 1 aliphatic heterocycles. The Labute approximate surface area is 156 Å². The zero-order chi connectivity index (χ0) is 19.0. The fraction of sp³-hybridized carbons (Fsp3) is 0.600. The Kier molecular flexibility index (Phi) is 4.90. The second kappa shape index (κ2) is 7.20. The Hall–Kier alpha value is -1.99. The molecule has 0 bridgehead atoms. The molecule has 2 fully saturated rings. The lowest BCUT2D eigenvalue weighted by molar-refractivity contribution is -0.01000. The van der Waals surface area contributed by atoms with Crippen molar-refractivity contribution in [1.29, 1.82) is 0 Å². The Morgan fingerprint density at radius 1 is 1.22 bits per heavy atom. The summed E-state index contributed by atoms with van der Waals surface area (Å²) in [5.41, 5.74) is -0.714. The van der Waals surface area contributed by atoms with Crippen LogP contribution in [0, 0.1) is 5.82 Å². The van der Waals surface area contributed by atoms with E-state index in [4.69, 9.17) is 4.74 Å². The van der Waals surface area contributed by atoms with Crippen molar-refractivity contribution in [2.45, 2.75) is 56.7 Å². The predicted octanol–water partition coefficient (Wildman–Crippen LogP) is 2.25. The van der Waals surface area contributed by atoms with Gasteiger partial charge in [-0.05, 0) is 43.9 Å². The van der Waals surface area contributed by atoms with Crippen molar-refractivity contribution in [3.63, 3.8) is 0 Å². The molecule has 27 heavy (non-hydrogen) atoms. The molecule has 1 aromatic carbocycles. The van der Waals surface area contributed by atoms with E-state index in [1.165, 1.54) is 22.8 Å². The summed E-state index contributed by atoms with van der Waals surface area (Å²) >= 11 is 0. The first-order valence-corrected chi connectivity index (χ1v) is 9.73. The molecule has 1 aromatic heterocycles. The monoisotopic (exact) mass is 375 g/mol. The van der Waals surface area contributed by atoms with E-state index in [-0.39, 0.29) is 16.6 Å². The minimum absolute atomic E-state index is 0.163. The maximum atomic E-state index is 13.4. The highest BCUT2D eigenvalue weighted by atomic mass is 19.1. The molecule has 2 aromatic rings. The number of rotatable bonds is 4. The van der Waals surface area contributed by atoms with Crippen LogP contribution in [0.4, 0.5) is 4.39 Å². The second-order valence-electron chi connectivity index (χ2n) is 7.86. The van der Waals surface area contributed by atoms with Gasteiger partial charge < -0.3 is 9.72 Å². The minimum Gasteiger partial charge on any atom is -0.381 e. The van der Waals surface area contributed by atoms with Gasteiger partial charge in [0.25, 0.3) is 5.56 Å². The average molecular weight is 375 g/mol. The molecule has 6 nitrogen and oxygen atoms in total. The Bertz CT molecular complexity index is 938. The van der Waals surface area contributed by atoms with Gasteiger partial charge in [0.05, 0.1) is 17.0 Å². The van der Waals surface area contributed by atoms with Gasteiger partial charge in [-0.15, -0.1) is 0 Å². The average Bonchev–Trinajstić information content (AvgIpc) is 3.15. The van der Waals surface area contributed by atoms with E-state index in [0.717, 1.165) is 51.6 Å². The fourth-order valence-corrected chi connectivity index (χ4v) is 4.84. The number of ether oxygens (including phenoxy) is 1. The number of aromatic amines is 1. The maximum absolute atomic E-state index is 13.4. The second-order valence-corrected chi connectivity index (χ2v) is 7.86. The molecule has 0 spiro atoms. The molecule has 1 saturated heterocycles. The summed E-state index contributed by atoms with van der Waals surface area (Å²) in [6, 6.07) is 3.90. The Balaban J connectivity index is 1.69. The molecular weight excluding hydrogens is 349 g/mol. The quantitative estimate of drug-likeness (QED) is 0.890. The van der Waals surface area contributed by atoms with Crippen molar-refractivity contribution >= 4 is 10.9 Å². The number of hydrogen-bond donors (Lipinski definition) is 1. The SMILES string of the molecule is COC1CCN(C2(Cn3c(=O)[nH]c4cc(F)ccc4c3=O)CCCC2)CC1. The highest BCUT2D eigenvalue weighted by Gasteiger charge is 2.42. The molecule has 0 amide bonds. The van der Waals surface area contributed by atoms with Gasteiger partial charge >= 0.3 is 5.69 Å². The summed E-state index contributed by atoms with van der Waals surface area (Å²) in [6.45, 7) is 2.22. The van der Waals surface area contributed by atoms with Crippen LogP contribution in [0.2, 0.25) is 0 Å². The largest absolute Gasteiger partial charge is 0.381 e. The molecule has 146 valence electrons. The molecule has 2 heterocycles. The smallest absolute Gasteiger partial charge is 0.328 e. The van der Waals surface area contributed by atoms with E-state index >= 15 is 0 Å². The zero-order valence-corrected chi connectivity index (χ0v) is 15.7. The summed E-state index contributed by atoms with van der Waals surface area (Å²) in [6.07, 6.45) is 6.42. The van der Waals surface area contributed by atoms with Crippen LogP contribution in [0.15, 0.2) is 27.8 Å². The number of H-pyrrole nitrogens is 1. The standard InChI is InChI=1S/C20H26FN3O3/c1-27-15-6-10-23(11-7-15)20(8-2-3-9-20)13-24-18(25)16-5-4-14(21)12-17(16)22-19(24)26/h4-5,12,15H,2-3,6-11,13H2,1H3,(H,22,26). The number of likely N-dealkylation sites (tertiary alicyclic amines) is 1. The van der Waals surface area contributed by atoms with Gasteiger partial charge in [0.2, 0.25) is 0 Å². The first kappa shape index (κ1) is 18.4. The number of hydrogen-bond acceptors (Lipinski definition) is 4. The van der Waals surface area contributed by atoms with Gasteiger partial charge in [0.1, 0.15) is 5.82 Å². The van der Waals surface area contributed by atoms with Crippen molar-refractivity contribution in [2.75, 3.05) is 20.2 Å². The molecule has 1 N–H and O–H groups in total. The Morgan fingerprint density at radius 2 is 1.93 bits per heavy atom. The van der Waals surface area contributed by atoms with Gasteiger partial charge in [-0.1, -0.05) is 12.8 Å². The van der Waals surface area contributed by atoms with Crippen LogP contribution in [0.25, 0.3) is 10.9 Å². The maximum Gasteiger partial charge on any atom is 0.328 e. The lowest BCUT2D eigenvalue weighted by atomic mass is 9.91. The summed E-state index contributed by atoms with van der Waals surface area (Å²) < 4.78 is 20.2. The lowest BCUT2D eigenvalue weighted by Crippen LogP contribution is -2.56. The fourth-order valence-electron chi connectivity index (χ4n) is 4.84. The summed E-state index contributed by atoms with van der Waals surface area (Å²) in [4.78, 5) is 30.7. The third-order valence-corrected chi connectivity index (χ3v) is 6.38. The van der Waals surface area contributed by atoms with Gasteiger partial charge in [0.15, 0.2) is 0 Å². The van der Waals surface area contributed by atoms with Crippen LogP contribution in [0.1, 0.15) is 38.5 Å². The lowest BCUT2D eigenvalue weighted by Gasteiger charge is -2.45. The molecule has 0 unspecified atom stereocenters. The van der Waals surface area contributed by atoms with Gasteiger partial charge in [-0.3, -0.25) is 14.3 Å². The number of halogens is 1. The third-order valence-electron chi connectivity index (χ3n) is 6.38. The molecular formula is C20H26FN3O3. The molecule has 1 saturated carbocycles. The van der Waals surface area contributed by atoms with Crippen LogP contribution in [-0.2, 0) is 11.3 Å². The molecule has 2 aliphatic rings. The Morgan fingerprint density at radius 3 is 2.59 bits per heavy atom. The summed E-state index contributed by atoms with van der Waals surface area (Å²) in [7, 11) is 1.75. The highest BCUT2D eigenvalue weighted by molar-refractivity contribution is 5.77. The van der Waals surface area contributed by atoms with E-state index in [1.54, 1.807) is 7.11 Å². The van der Waals surface area contributed by atoms with E-state index in [2.05, 4.69) is 9.88 Å². The van der Waals surface area contributed by atoms with Crippen molar-refractivity contribution < 1.29 is 9.13 Å². The highest BCUT2D eigenvalue weighted by Crippen LogP contribution is 2.38. The van der Waals surface area contributed by atoms with Crippen molar-refractivity contribution in [3.8, 4) is 0 Å². The van der Waals surface area contributed by atoms with Crippen molar-refractivity contribution in [1.82, 2.24) is 14.5 Å². The van der Waals surface area contributed by atoms with Gasteiger partial charge in [-0.2, -0.15) is 0 Å². The summed E-state index contributed by atoms with van der Waals surface area (Å²) in [5.74, 6) is -0.469. The van der Waals surface area contributed by atoms with Crippen molar-refractivity contribution in [2.24, 2.45) is 0 Å². The summed E-state index contributed by atoms with van der Waals surface area (Å²) in [5, 5.41) is 0.349. The van der Waals surface area contributed by atoms with E-state index in [0.29, 0.717) is 18.0 Å². The molecule has 4 rings (SSSR count). The van der Waals surface area contributed by atoms with Gasteiger partial charge in [0, 0.05) is 32.3 Å². The minimum atomic E-state index is -0.469. The van der Waals surface area contributed by atoms with Crippen LogP contribution < -0.4 is 11.2 Å². The first-order chi connectivity index (χ1) is 13.0. The number of piperidine rings is 1. The number of benzene rings is 1. The zero-order valence-electron chi connectivity index (χ0n) is 15.7. The number of aromatic nitrogens is 2. The van der Waals surface area contributed by atoms with E-state index in [9.17, 15) is 14.0 Å². The first-order valence-electron chi connectivity index (χ1n) is 9.73. The van der Waals surface area contributed by atoms with Crippen molar-refractivity contribution in [3.05, 3.63) is 44.9 Å². The predicted molar refractivity (Wildman–Crippen MR) is 102 cm³/mol. The van der Waals surface area contributed by atoms with Crippen LogP contribution in [0.5, 0.6) is 0 Å². The molecule has 0 radical (unpaired) electrons. The topological polar surface area (TPSA) is 67.3 Å². The van der Waals surface area contributed by atoms with E-state index in [1.807, 2.05) is 0 Å². The van der Waals surface area contributed by atoms with Crippen LogP contribution in [-0.4, -0.2) is 46.3 Å². The number of methoxy groups -OCH3 is 1. The molecule has 1 aliphatic carbocycles. The van der Waals surface area contributed by atoms with Crippen LogP contribution >= 0.6 is 0 Å². The van der Waals surface area contributed by atoms with Crippen LogP contribution in [0.3, 0.4) is 0 Å². The number of fused-ring (bicyclic) bond motifs is 1. The molecule has 0 atom stereocenters. The van der Waals surface area contributed by atoms with Gasteiger partial charge in [-0.25, -0.2) is 9.18 Å². The third kappa shape index (κ3) is 3.34. The number of nitrogens with one attached hydrogen (secondary N) is 1. The number of nitrogens with zero attached hydrogens (tertiary/aromatic N) is 2. The normalized spacial score (nSPS) is 21.1. The molecule has 7 heteroatoms. The van der Waals surface area contributed by atoms with E-state index < -0.39 is 11.5 Å².